The molecule has 98 valence electrons. The maximum Gasteiger partial charge on any atom is 0.409 e. The normalized spacial score (nSPS) is 17.4. The lowest BCUT2D eigenvalue weighted by molar-refractivity contribution is -0.148. The average molecular weight is 243 g/mol. The van der Waals surface area contributed by atoms with E-state index >= 15 is 0 Å². The lowest BCUT2D eigenvalue weighted by Crippen LogP contribution is -2.37. The zero-order valence-corrected chi connectivity index (χ0v) is 10.6. The number of nitrogens with zero attached hydrogens (tertiary/aromatic N) is 1. The summed E-state index contributed by atoms with van der Waals surface area (Å²) in [5.74, 6) is -0.720. The van der Waals surface area contributed by atoms with Gasteiger partial charge in [0.25, 0.3) is 0 Å². The minimum Gasteiger partial charge on any atom is -0.466 e. The predicted molar refractivity (Wildman–Crippen MR) is 62.6 cm³/mol. The van der Waals surface area contributed by atoms with Gasteiger partial charge in [0.05, 0.1) is 12.5 Å². The van der Waals surface area contributed by atoms with Crippen molar-refractivity contribution in [1.29, 1.82) is 0 Å². The van der Waals surface area contributed by atoms with Crippen LogP contribution >= 0.6 is 0 Å². The van der Waals surface area contributed by atoms with Crippen LogP contribution in [0, 0.1) is 5.92 Å². The van der Waals surface area contributed by atoms with E-state index in [0.29, 0.717) is 6.61 Å². The summed E-state index contributed by atoms with van der Waals surface area (Å²) in [6.45, 7) is 5.41. The molecule has 1 atom stereocenters. The Labute approximate surface area is 102 Å². The Balaban J connectivity index is 2.24. The van der Waals surface area contributed by atoms with E-state index in [-0.39, 0.29) is 18.7 Å². The molecule has 0 N–H and O–H groups in total. The molecule has 5 heteroatoms. The van der Waals surface area contributed by atoms with Crippen LogP contribution in [0.5, 0.6) is 0 Å². The average Bonchev–Trinajstić information content (AvgIpc) is 2.36. The van der Waals surface area contributed by atoms with Gasteiger partial charge in [-0.15, -0.1) is 0 Å². The van der Waals surface area contributed by atoms with E-state index in [0.717, 1.165) is 25.9 Å². The molecule has 1 unspecified atom stereocenters. The SMILES string of the molecule is CCOC(=O)C(C)COC(=O)N1CCCCC1. The summed E-state index contributed by atoms with van der Waals surface area (Å²) in [7, 11) is 0. The molecule has 0 bridgehead atoms. The van der Waals surface area contributed by atoms with E-state index in [1.54, 1.807) is 18.7 Å². The molecular weight excluding hydrogens is 222 g/mol. The Morgan fingerprint density at radius 2 is 1.82 bits per heavy atom. The summed E-state index contributed by atoms with van der Waals surface area (Å²) in [6.07, 6.45) is 2.91. The number of rotatable bonds is 4. The van der Waals surface area contributed by atoms with Gasteiger partial charge in [-0.2, -0.15) is 0 Å². The Bertz CT molecular complexity index is 261. The highest BCUT2D eigenvalue weighted by atomic mass is 16.6. The fourth-order valence-corrected chi connectivity index (χ4v) is 1.72. The Hall–Kier alpha value is -1.26. The number of ether oxygens (including phenoxy) is 2. The first-order valence-corrected chi connectivity index (χ1v) is 6.23. The van der Waals surface area contributed by atoms with E-state index in [9.17, 15) is 9.59 Å². The van der Waals surface area contributed by atoms with Crippen molar-refractivity contribution >= 4 is 12.1 Å². The molecule has 1 fully saturated rings. The third-order valence-corrected chi connectivity index (χ3v) is 2.76. The Kier molecular flexibility index (Phi) is 5.80. The molecule has 0 aromatic carbocycles. The van der Waals surface area contributed by atoms with E-state index in [4.69, 9.17) is 9.47 Å². The minimum absolute atomic E-state index is 0.0914. The lowest BCUT2D eigenvalue weighted by atomic mass is 10.1. The van der Waals surface area contributed by atoms with Gasteiger partial charge in [0, 0.05) is 13.1 Å². The molecule has 1 aliphatic heterocycles. The zero-order chi connectivity index (χ0) is 12.7. The van der Waals surface area contributed by atoms with Crippen molar-refractivity contribution in [2.24, 2.45) is 5.92 Å². The Morgan fingerprint density at radius 3 is 2.41 bits per heavy atom. The second-order valence-corrected chi connectivity index (χ2v) is 4.28. The lowest BCUT2D eigenvalue weighted by Gasteiger charge is -2.26. The van der Waals surface area contributed by atoms with Crippen LogP contribution < -0.4 is 0 Å². The number of hydrogen-bond acceptors (Lipinski definition) is 4. The van der Waals surface area contributed by atoms with Crippen molar-refractivity contribution in [3.8, 4) is 0 Å². The van der Waals surface area contributed by atoms with Crippen molar-refractivity contribution in [2.75, 3.05) is 26.3 Å². The molecular formula is C12H21NO4. The first kappa shape index (κ1) is 13.8. The highest BCUT2D eigenvalue weighted by Crippen LogP contribution is 2.10. The van der Waals surface area contributed by atoms with Gasteiger partial charge < -0.3 is 14.4 Å². The van der Waals surface area contributed by atoms with Crippen molar-refractivity contribution < 1.29 is 19.1 Å². The van der Waals surface area contributed by atoms with Gasteiger partial charge in [-0.1, -0.05) is 0 Å². The fraction of sp³-hybridized carbons (Fsp3) is 0.833. The monoisotopic (exact) mass is 243 g/mol. The molecule has 17 heavy (non-hydrogen) atoms. The molecule has 1 aliphatic rings. The molecule has 0 aliphatic carbocycles. The van der Waals surface area contributed by atoms with Crippen molar-refractivity contribution in [2.45, 2.75) is 33.1 Å². The number of amides is 1. The fourth-order valence-electron chi connectivity index (χ4n) is 1.72. The van der Waals surface area contributed by atoms with Crippen LogP contribution in [0.2, 0.25) is 0 Å². The second-order valence-electron chi connectivity index (χ2n) is 4.28. The largest absolute Gasteiger partial charge is 0.466 e. The highest BCUT2D eigenvalue weighted by Gasteiger charge is 2.21. The van der Waals surface area contributed by atoms with Gasteiger partial charge in [0.15, 0.2) is 0 Å². The predicted octanol–water partition coefficient (Wildman–Crippen LogP) is 1.81. The maximum absolute atomic E-state index is 11.6. The molecule has 0 saturated carbocycles. The molecule has 0 aromatic heterocycles. The number of piperidine rings is 1. The number of carbonyl (C=O) groups excluding carboxylic acids is 2. The van der Waals surface area contributed by atoms with E-state index in [1.165, 1.54) is 6.42 Å². The van der Waals surface area contributed by atoms with Crippen LogP contribution in [-0.2, 0) is 14.3 Å². The van der Waals surface area contributed by atoms with Crippen LogP contribution in [0.1, 0.15) is 33.1 Å². The molecule has 1 heterocycles. The van der Waals surface area contributed by atoms with E-state index < -0.39 is 5.92 Å². The van der Waals surface area contributed by atoms with Gasteiger partial charge in [-0.3, -0.25) is 4.79 Å². The molecule has 1 amide bonds. The van der Waals surface area contributed by atoms with Gasteiger partial charge in [-0.25, -0.2) is 4.79 Å². The van der Waals surface area contributed by atoms with Crippen molar-refractivity contribution in [1.82, 2.24) is 4.90 Å². The molecule has 0 radical (unpaired) electrons. The van der Waals surface area contributed by atoms with Crippen LogP contribution in [0.3, 0.4) is 0 Å². The number of esters is 1. The maximum atomic E-state index is 11.6. The number of carbonyl (C=O) groups is 2. The molecule has 0 spiro atoms. The summed E-state index contributed by atoms with van der Waals surface area (Å²) >= 11 is 0. The quantitative estimate of drug-likeness (QED) is 0.707. The number of hydrogen-bond donors (Lipinski definition) is 0. The molecule has 1 rings (SSSR count). The standard InChI is InChI=1S/C12H21NO4/c1-3-16-11(14)10(2)9-17-12(15)13-7-5-4-6-8-13/h10H,3-9H2,1-2H3. The third-order valence-electron chi connectivity index (χ3n) is 2.76. The zero-order valence-electron chi connectivity index (χ0n) is 10.6. The first-order chi connectivity index (χ1) is 8.15. The van der Waals surface area contributed by atoms with Crippen LogP contribution in [0.4, 0.5) is 4.79 Å². The summed E-state index contributed by atoms with van der Waals surface area (Å²) < 4.78 is 9.93. The van der Waals surface area contributed by atoms with E-state index in [1.807, 2.05) is 0 Å². The van der Waals surface area contributed by atoms with Gasteiger partial charge in [-0.05, 0) is 33.1 Å². The summed E-state index contributed by atoms with van der Waals surface area (Å²) in [4.78, 5) is 24.6. The smallest absolute Gasteiger partial charge is 0.409 e. The van der Waals surface area contributed by atoms with Crippen molar-refractivity contribution in [3.05, 3.63) is 0 Å². The summed E-state index contributed by atoms with van der Waals surface area (Å²) in [6, 6.07) is 0. The second kappa shape index (κ2) is 7.14. The van der Waals surface area contributed by atoms with Crippen LogP contribution in [0.15, 0.2) is 0 Å². The number of likely N-dealkylation sites (tertiary alicyclic amines) is 1. The summed E-state index contributed by atoms with van der Waals surface area (Å²) in [5.41, 5.74) is 0. The summed E-state index contributed by atoms with van der Waals surface area (Å²) in [5, 5.41) is 0. The van der Waals surface area contributed by atoms with Gasteiger partial charge in [0.2, 0.25) is 0 Å². The topological polar surface area (TPSA) is 55.8 Å². The molecule has 5 nitrogen and oxygen atoms in total. The van der Waals surface area contributed by atoms with Gasteiger partial charge >= 0.3 is 12.1 Å². The Morgan fingerprint density at radius 1 is 1.18 bits per heavy atom. The molecule has 0 aromatic rings. The van der Waals surface area contributed by atoms with Gasteiger partial charge in [0.1, 0.15) is 6.61 Å². The van der Waals surface area contributed by atoms with Crippen LogP contribution in [-0.4, -0.2) is 43.3 Å². The highest BCUT2D eigenvalue weighted by molar-refractivity contribution is 5.73. The molecule has 1 saturated heterocycles. The minimum atomic E-state index is -0.399. The third kappa shape index (κ3) is 4.63. The van der Waals surface area contributed by atoms with E-state index in [2.05, 4.69) is 0 Å². The first-order valence-electron chi connectivity index (χ1n) is 6.23. The van der Waals surface area contributed by atoms with Crippen molar-refractivity contribution in [3.63, 3.8) is 0 Å². The van der Waals surface area contributed by atoms with Crippen LogP contribution in [0.25, 0.3) is 0 Å².